The predicted molar refractivity (Wildman–Crippen MR) is 75.7 cm³/mol. The molecule has 0 unspecified atom stereocenters. The number of anilines is 1. The molecule has 0 saturated carbocycles. The maximum atomic E-state index is 11.7. The zero-order valence-corrected chi connectivity index (χ0v) is 12.0. The summed E-state index contributed by atoms with van der Waals surface area (Å²) in [6, 6.07) is 4.91. The molecule has 4 nitrogen and oxygen atoms in total. The zero-order valence-electron chi connectivity index (χ0n) is 8.89. The monoisotopic (exact) mass is 319 g/mol. The lowest BCUT2D eigenvalue weighted by atomic mass is 10.3. The van der Waals surface area contributed by atoms with Crippen LogP contribution in [0.5, 0.6) is 0 Å². The van der Waals surface area contributed by atoms with Crippen LogP contribution in [-0.2, 0) is 4.79 Å². The number of carbonyl (C=O) groups is 1. The van der Waals surface area contributed by atoms with Crippen LogP contribution in [0, 0.1) is 0 Å². The van der Waals surface area contributed by atoms with Gasteiger partial charge in [0.2, 0.25) is 5.91 Å². The molecular weight excluding hydrogens is 313 g/mol. The van der Waals surface area contributed by atoms with Crippen molar-refractivity contribution in [2.24, 2.45) is 0 Å². The third-order valence-electron chi connectivity index (χ3n) is 1.87. The summed E-state index contributed by atoms with van der Waals surface area (Å²) in [5.41, 5.74) is 2.17. The molecule has 0 aliphatic heterocycles. The van der Waals surface area contributed by atoms with E-state index < -0.39 is 0 Å². The molecule has 0 spiro atoms. The van der Waals surface area contributed by atoms with Gasteiger partial charge in [-0.2, -0.15) is 0 Å². The fourth-order valence-electron chi connectivity index (χ4n) is 1.13. The maximum Gasteiger partial charge on any atom is 0.234 e. The van der Waals surface area contributed by atoms with E-state index in [0.717, 1.165) is 4.34 Å². The van der Waals surface area contributed by atoms with Crippen LogP contribution in [0.25, 0.3) is 0 Å². The van der Waals surface area contributed by atoms with Crippen molar-refractivity contribution in [3.63, 3.8) is 0 Å². The van der Waals surface area contributed by atoms with Gasteiger partial charge in [-0.3, -0.25) is 4.79 Å². The van der Waals surface area contributed by atoms with E-state index in [-0.39, 0.29) is 11.7 Å². The van der Waals surface area contributed by atoms with Gasteiger partial charge in [-0.05, 0) is 18.2 Å². The summed E-state index contributed by atoms with van der Waals surface area (Å²) in [5.74, 6) is 0.105. The first-order valence-electron chi connectivity index (χ1n) is 4.79. The second-order valence-corrected chi connectivity index (χ2v) is 6.06. The van der Waals surface area contributed by atoms with Gasteiger partial charge in [-0.15, -0.1) is 10.2 Å². The molecule has 0 fully saturated rings. The second-order valence-electron chi connectivity index (χ2n) is 3.17. The highest BCUT2D eigenvalue weighted by Crippen LogP contribution is 2.26. The molecule has 2 rings (SSSR count). The molecule has 0 bridgehead atoms. The highest BCUT2D eigenvalue weighted by molar-refractivity contribution is 8.01. The number of hydrogen-bond donors (Lipinski definition) is 1. The molecule has 1 heterocycles. The highest BCUT2D eigenvalue weighted by atomic mass is 35.5. The number of aromatic nitrogens is 2. The van der Waals surface area contributed by atoms with Gasteiger partial charge in [0, 0.05) is 5.02 Å². The molecule has 1 aromatic carbocycles. The summed E-state index contributed by atoms with van der Waals surface area (Å²) in [4.78, 5) is 11.7. The minimum atomic E-state index is -0.153. The Labute approximate surface area is 122 Å². The first-order valence-corrected chi connectivity index (χ1v) is 7.41. The fourth-order valence-corrected chi connectivity index (χ4v) is 2.87. The lowest BCUT2D eigenvalue weighted by Crippen LogP contribution is -2.14. The average Bonchev–Trinajstić information content (AvgIpc) is 2.83. The Morgan fingerprint density at radius 3 is 2.94 bits per heavy atom. The minimum Gasteiger partial charge on any atom is -0.324 e. The standard InChI is InChI=1S/C10H7Cl2N3OS2/c11-6-1-2-8(7(12)3-6)14-9(16)4-17-10-15-13-5-18-10/h1-3,5H,4H2,(H,14,16). The summed E-state index contributed by atoms with van der Waals surface area (Å²) in [7, 11) is 0. The van der Waals surface area contributed by atoms with Crippen molar-refractivity contribution in [1.29, 1.82) is 0 Å². The normalized spacial score (nSPS) is 10.3. The van der Waals surface area contributed by atoms with Crippen molar-refractivity contribution >= 4 is 57.9 Å². The summed E-state index contributed by atoms with van der Waals surface area (Å²) < 4.78 is 0.757. The molecule has 1 amide bonds. The molecule has 8 heteroatoms. The van der Waals surface area contributed by atoms with E-state index in [9.17, 15) is 4.79 Å². The highest BCUT2D eigenvalue weighted by Gasteiger charge is 2.08. The summed E-state index contributed by atoms with van der Waals surface area (Å²) >= 11 is 14.4. The number of amides is 1. The van der Waals surface area contributed by atoms with Crippen molar-refractivity contribution in [3.05, 3.63) is 33.8 Å². The number of hydrogen-bond acceptors (Lipinski definition) is 5. The lowest BCUT2D eigenvalue weighted by Gasteiger charge is -2.06. The van der Waals surface area contributed by atoms with E-state index in [1.807, 2.05) is 0 Å². The molecule has 0 radical (unpaired) electrons. The smallest absolute Gasteiger partial charge is 0.234 e. The molecular formula is C10H7Cl2N3OS2. The van der Waals surface area contributed by atoms with E-state index in [2.05, 4.69) is 15.5 Å². The average molecular weight is 320 g/mol. The van der Waals surface area contributed by atoms with E-state index in [1.165, 1.54) is 23.1 Å². The van der Waals surface area contributed by atoms with Gasteiger partial charge in [0.15, 0.2) is 4.34 Å². The number of halogens is 2. The molecule has 0 aliphatic rings. The Kier molecular flexibility index (Phi) is 4.82. The number of nitrogens with zero attached hydrogens (tertiary/aromatic N) is 2. The molecule has 1 N–H and O–H groups in total. The van der Waals surface area contributed by atoms with Crippen molar-refractivity contribution in [1.82, 2.24) is 10.2 Å². The van der Waals surface area contributed by atoms with Crippen molar-refractivity contribution in [2.45, 2.75) is 4.34 Å². The molecule has 2 aromatic rings. The van der Waals surface area contributed by atoms with E-state index in [0.29, 0.717) is 15.7 Å². The van der Waals surface area contributed by atoms with Crippen molar-refractivity contribution in [3.8, 4) is 0 Å². The van der Waals surface area contributed by atoms with Crippen LogP contribution in [-0.4, -0.2) is 21.9 Å². The zero-order chi connectivity index (χ0) is 13.0. The quantitative estimate of drug-likeness (QED) is 0.875. The molecule has 94 valence electrons. The summed E-state index contributed by atoms with van der Waals surface area (Å²) in [6.45, 7) is 0. The van der Waals surface area contributed by atoms with Gasteiger partial charge >= 0.3 is 0 Å². The van der Waals surface area contributed by atoms with Crippen molar-refractivity contribution < 1.29 is 4.79 Å². The largest absolute Gasteiger partial charge is 0.324 e. The summed E-state index contributed by atoms with van der Waals surface area (Å²) in [6.07, 6.45) is 0. The Hall–Kier alpha value is -0.820. The number of rotatable bonds is 4. The Morgan fingerprint density at radius 2 is 2.28 bits per heavy atom. The molecule has 0 saturated heterocycles. The van der Waals surface area contributed by atoms with Crippen LogP contribution in [0.3, 0.4) is 0 Å². The Balaban J connectivity index is 1.91. The molecule has 0 atom stereocenters. The van der Waals surface area contributed by atoms with Gasteiger partial charge in [0.05, 0.1) is 16.5 Å². The third kappa shape index (κ3) is 3.84. The van der Waals surface area contributed by atoms with Crippen LogP contribution < -0.4 is 5.32 Å². The molecule has 18 heavy (non-hydrogen) atoms. The van der Waals surface area contributed by atoms with Crippen LogP contribution in [0.2, 0.25) is 10.0 Å². The van der Waals surface area contributed by atoms with Gasteiger partial charge < -0.3 is 5.32 Å². The fraction of sp³-hybridized carbons (Fsp3) is 0.100. The van der Waals surface area contributed by atoms with E-state index in [4.69, 9.17) is 23.2 Å². The first kappa shape index (κ1) is 13.6. The lowest BCUT2D eigenvalue weighted by molar-refractivity contribution is -0.113. The first-order chi connectivity index (χ1) is 8.65. The van der Waals surface area contributed by atoms with Gasteiger partial charge in [0.25, 0.3) is 0 Å². The topological polar surface area (TPSA) is 54.9 Å². The van der Waals surface area contributed by atoms with Crippen LogP contribution in [0.1, 0.15) is 0 Å². The number of nitrogens with one attached hydrogen (secondary N) is 1. The van der Waals surface area contributed by atoms with Crippen LogP contribution >= 0.6 is 46.3 Å². The van der Waals surface area contributed by atoms with Gasteiger partial charge in [-0.1, -0.05) is 46.3 Å². The minimum absolute atomic E-state index is 0.153. The van der Waals surface area contributed by atoms with Crippen LogP contribution in [0.15, 0.2) is 28.0 Å². The number of thioether (sulfide) groups is 1. The molecule has 1 aromatic heterocycles. The van der Waals surface area contributed by atoms with Crippen molar-refractivity contribution in [2.75, 3.05) is 11.1 Å². The van der Waals surface area contributed by atoms with E-state index in [1.54, 1.807) is 23.7 Å². The predicted octanol–water partition coefficient (Wildman–Crippen LogP) is 3.58. The van der Waals surface area contributed by atoms with Crippen LogP contribution in [0.4, 0.5) is 5.69 Å². The van der Waals surface area contributed by atoms with Gasteiger partial charge in [0.1, 0.15) is 5.51 Å². The Bertz CT molecular complexity index is 548. The second kappa shape index (κ2) is 6.38. The Morgan fingerprint density at radius 1 is 1.44 bits per heavy atom. The summed E-state index contributed by atoms with van der Waals surface area (Å²) in [5, 5.41) is 11.2. The van der Waals surface area contributed by atoms with E-state index >= 15 is 0 Å². The SMILES string of the molecule is O=C(CSc1nncs1)Nc1ccc(Cl)cc1Cl. The third-order valence-corrected chi connectivity index (χ3v) is 4.28. The number of benzene rings is 1. The van der Waals surface area contributed by atoms with Gasteiger partial charge in [-0.25, -0.2) is 0 Å². The molecule has 0 aliphatic carbocycles. The maximum absolute atomic E-state index is 11.7. The number of carbonyl (C=O) groups excluding carboxylic acids is 1.